The van der Waals surface area contributed by atoms with Crippen LogP contribution in [-0.2, 0) is 6.54 Å². The Hall–Kier alpha value is -0.880. The molecule has 0 saturated carbocycles. The van der Waals surface area contributed by atoms with E-state index in [1.807, 2.05) is 11.8 Å². The van der Waals surface area contributed by atoms with Crippen LogP contribution >= 0.6 is 11.8 Å². The SMILES string of the molecule is FC(F)(F)Oc1ccccc1CNCC1CCCS1. The predicted molar refractivity (Wildman–Crippen MR) is 70.3 cm³/mol. The highest BCUT2D eigenvalue weighted by Gasteiger charge is 2.31. The molecule has 1 saturated heterocycles. The third-order valence-corrected chi connectivity index (χ3v) is 4.31. The molecule has 1 unspecified atom stereocenters. The number of halogens is 3. The van der Waals surface area contributed by atoms with E-state index in [0.29, 0.717) is 17.4 Å². The summed E-state index contributed by atoms with van der Waals surface area (Å²) in [6.45, 7) is 1.22. The van der Waals surface area contributed by atoms with Gasteiger partial charge in [-0.05, 0) is 24.7 Å². The van der Waals surface area contributed by atoms with E-state index in [-0.39, 0.29) is 5.75 Å². The van der Waals surface area contributed by atoms with Gasteiger partial charge in [-0.25, -0.2) is 0 Å². The summed E-state index contributed by atoms with van der Waals surface area (Å²) >= 11 is 1.92. The Morgan fingerprint density at radius 2 is 2.11 bits per heavy atom. The van der Waals surface area contributed by atoms with Gasteiger partial charge in [-0.15, -0.1) is 13.2 Å². The van der Waals surface area contributed by atoms with Crippen LogP contribution in [0, 0.1) is 0 Å². The lowest BCUT2D eigenvalue weighted by Gasteiger charge is -2.14. The minimum atomic E-state index is -4.64. The van der Waals surface area contributed by atoms with Gasteiger partial charge in [0.15, 0.2) is 0 Å². The van der Waals surface area contributed by atoms with Crippen LogP contribution in [0.1, 0.15) is 18.4 Å². The molecule has 1 aromatic carbocycles. The lowest BCUT2D eigenvalue weighted by Crippen LogP contribution is -2.24. The Balaban J connectivity index is 1.88. The fourth-order valence-electron chi connectivity index (χ4n) is 2.05. The van der Waals surface area contributed by atoms with Crippen molar-refractivity contribution in [2.45, 2.75) is 31.0 Å². The van der Waals surface area contributed by atoms with Crippen molar-refractivity contribution in [3.05, 3.63) is 29.8 Å². The van der Waals surface area contributed by atoms with E-state index in [1.165, 1.54) is 30.7 Å². The molecule has 1 fully saturated rings. The van der Waals surface area contributed by atoms with Gasteiger partial charge in [0.2, 0.25) is 0 Å². The quantitative estimate of drug-likeness (QED) is 0.896. The largest absolute Gasteiger partial charge is 0.573 e. The Kier molecular flexibility index (Phi) is 4.99. The number of alkyl halides is 3. The van der Waals surface area contributed by atoms with Gasteiger partial charge in [-0.1, -0.05) is 18.2 Å². The number of hydrogen-bond acceptors (Lipinski definition) is 3. The number of ether oxygens (including phenoxy) is 1. The average molecular weight is 291 g/mol. The fourth-order valence-corrected chi connectivity index (χ4v) is 3.28. The first-order chi connectivity index (χ1) is 9.04. The lowest BCUT2D eigenvalue weighted by molar-refractivity contribution is -0.274. The molecule has 1 aliphatic rings. The molecule has 0 amide bonds. The van der Waals surface area contributed by atoms with E-state index >= 15 is 0 Å². The molecule has 0 spiro atoms. The number of hydrogen-bond donors (Lipinski definition) is 1. The molecule has 1 heterocycles. The third kappa shape index (κ3) is 4.95. The standard InChI is InChI=1S/C13H16F3NOS/c14-13(15,16)18-12-6-2-1-4-10(12)8-17-9-11-5-3-7-19-11/h1-2,4,6,11,17H,3,5,7-9H2. The highest BCUT2D eigenvalue weighted by Crippen LogP contribution is 2.27. The molecule has 0 bridgehead atoms. The van der Waals surface area contributed by atoms with Crippen molar-refractivity contribution in [2.75, 3.05) is 12.3 Å². The molecular formula is C13H16F3NOS. The van der Waals surface area contributed by atoms with Gasteiger partial charge in [0.1, 0.15) is 5.75 Å². The molecule has 6 heteroatoms. The maximum absolute atomic E-state index is 12.2. The maximum Gasteiger partial charge on any atom is 0.573 e. The van der Waals surface area contributed by atoms with Crippen molar-refractivity contribution < 1.29 is 17.9 Å². The molecule has 0 radical (unpaired) electrons. The van der Waals surface area contributed by atoms with Gasteiger partial charge in [-0.2, -0.15) is 11.8 Å². The molecular weight excluding hydrogens is 275 g/mol. The summed E-state index contributed by atoms with van der Waals surface area (Å²) in [6.07, 6.45) is -2.24. The topological polar surface area (TPSA) is 21.3 Å². The number of rotatable bonds is 5. The average Bonchev–Trinajstić information content (AvgIpc) is 2.82. The van der Waals surface area contributed by atoms with E-state index in [9.17, 15) is 13.2 Å². The molecule has 106 valence electrons. The van der Waals surface area contributed by atoms with E-state index in [0.717, 1.165) is 6.54 Å². The number of thioether (sulfide) groups is 1. The van der Waals surface area contributed by atoms with Gasteiger partial charge in [0.25, 0.3) is 0 Å². The van der Waals surface area contributed by atoms with Gasteiger partial charge in [0, 0.05) is 23.9 Å². The van der Waals surface area contributed by atoms with Gasteiger partial charge in [-0.3, -0.25) is 0 Å². The summed E-state index contributed by atoms with van der Waals surface area (Å²) in [5, 5.41) is 3.78. The van der Waals surface area contributed by atoms with E-state index < -0.39 is 6.36 Å². The predicted octanol–water partition coefficient (Wildman–Crippen LogP) is 3.57. The molecule has 0 aromatic heterocycles. The highest BCUT2D eigenvalue weighted by atomic mass is 32.2. The van der Waals surface area contributed by atoms with Crippen LogP contribution in [0.5, 0.6) is 5.75 Å². The van der Waals surface area contributed by atoms with Gasteiger partial charge in [0.05, 0.1) is 0 Å². The minimum Gasteiger partial charge on any atom is -0.405 e. The maximum atomic E-state index is 12.2. The summed E-state index contributed by atoms with van der Waals surface area (Å²) in [5.41, 5.74) is 0.530. The number of para-hydroxylation sites is 1. The van der Waals surface area contributed by atoms with Crippen molar-refractivity contribution in [1.29, 1.82) is 0 Å². The van der Waals surface area contributed by atoms with Crippen LogP contribution < -0.4 is 10.1 Å². The molecule has 2 nitrogen and oxygen atoms in total. The zero-order valence-corrected chi connectivity index (χ0v) is 11.2. The van der Waals surface area contributed by atoms with Crippen molar-refractivity contribution in [2.24, 2.45) is 0 Å². The van der Waals surface area contributed by atoms with Crippen molar-refractivity contribution >= 4 is 11.8 Å². The van der Waals surface area contributed by atoms with E-state index in [4.69, 9.17) is 0 Å². The Bertz CT molecular complexity index is 405. The van der Waals surface area contributed by atoms with Crippen LogP contribution in [0.4, 0.5) is 13.2 Å². The van der Waals surface area contributed by atoms with Crippen LogP contribution in [0.3, 0.4) is 0 Å². The second kappa shape index (κ2) is 6.52. The lowest BCUT2D eigenvalue weighted by atomic mass is 10.2. The summed E-state index contributed by atoms with van der Waals surface area (Å²) in [5.74, 6) is 1.06. The van der Waals surface area contributed by atoms with Crippen molar-refractivity contribution in [3.63, 3.8) is 0 Å². The van der Waals surface area contributed by atoms with Crippen LogP contribution in [-0.4, -0.2) is 23.9 Å². The summed E-state index contributed by atoms with van der Waals surface area (Å²) in [6, 6.07) is 6.24. The number of nitrogens with one attached hydrogen (secondary N) is 1. The molecule has 0 aliphatic carbocycles. The van der Waals surface area contributed by atoms with E-state index in [2.05, 4.69) is 10.1 Å². The Morgan fingerprint density at radius 1 is 1.32 bits per heavy atom. The first-order valence-electron chi connectivity index (χ1n) is 6.20. The summed E-state index contributed by atoms with van der Waals surface area (Å²) in [7, 11) is 0. The molecule has 1 aromatic rings. The molecule has 1 atom stereocenters. The second-order valence-electron chi connectivity index (χ2n) is 4.42. The zero-order valence-electron chi connectivity index (χ0n) is 10.4. The van der Waals surface area contributed by atoms with Gasteiger partial charge < -0.3 is 10.1 Å². The second-order valence-corrected chi connectivity index (χ2v) is 5.83. The molecule has 1 aliphatic heterocycles. The highest BCUT2D eigenvalue weighted by molar-refractivity contribution is 8.00. The van der Waals surface area contributed by atoms with Crippen molar-refractivity contribution in [3.8, 4) is 5.75 Å². The Morgan fingerprint density at radius 3 is 2.79 bits per heavy atom. The molecule has 2 rings (SSSR count). The number of benzene rings is 1. The van der Waals surface area contributed by atoms with Gasteiger partial charge >= 0.3 is 6.36 Å². The third-order valence-electron chi connectivity index (χ3n) is 2.91. The van der Waals surface area contributed by atoms with Crippen LogP contribution in [0.2, 0.25) is 0 Å². The van der Waals surface area contributed by atoms with Crippen LogP contribution in [0.15, 0.2) is 24.3 Å². The molecule has 19 heavy (non-hydrogen) atoms. The van der Waals surface area contributed by atoms with E-state index in [1.54, 1.807) is 12.1 Å². The Labute approximate surface area is 114 Å². The molecule has 1 N–H and O–H groups in total. The smallest absolute Gasteiger partial charge is 0.405 e. The monoisotopic (exact) mass is 291 g/mol. The summed E-state index contributed by atoms with van der Waals surface area (Å²) in [4.78, 5) is 0. The zero-order chi connectivity index (χ0) is 13.7. The van der Waals surface area contributed by atoms with Crippen LogP contribution in [0.25, 0.3) is 0 Å². The normalized spacial score (nSPS) is 19.6. The first kappa shape index (κ1) is 14.5. The van der Waals surface area contributed by atoms with Crippen molar-refractivity contribution in [1.82, 2.24) is 5.32 Å². The fraction of sp³-hybridized carbons (Fsp3) is 0.538. The first-order valence-corrected chi connectivity index (χ1v) is 7.25. The minimum absolute atomic E-state index is 0.124. The summed E-state index contributed by atoms with van der Waals surface area (Å²) < 4.78 is 40.7.